The van der Waals surface area contributed by atoms with E-state index in [1.807, 2.05) is 10.0 Å². The number of hydrogen-bond acceptors (Lipinski definition) is 20. The molecule has 8 fully saturated rings. The molecular weight excluding hydrogens is 1080 g/mol. The lowest BCUT2D eigenvalue weighted by Gasteiger charge is -2.33. The quantitative estimate of drug-likeness (QED) is 0.219. The maximum absolute atomic E-state index is 10.6. The first-order valence-corrected chi connectivity index (χ1v) is 33.5. The molecule has 0 aromatic carbocycles. The average Bonchev–Trinajstić information content (AvgIpc) is 3.53. The number of hydrazine groups is 2. The van der Waals surface area contributed by atoms with Crippen LogP contribution in [-0.2, 0) is 28.5 Å². The van der Waals surface area contributed by atoms with E-state index in [-0.39, 0.29) is 11.8 Å². The molecule has 508 valence electrons. The maximum atomic E-state index is 10.6. The normalized spacial score (nSPS) is 21.8. The molecule has 22 nitrogen and oxygen atoms in total. The van der Waals surface area contributed by atoms with Crippen molar-refractivity contribution in [3.63, 3.8) is 0 Å². The molecule has 0 aliphatic carbocycles. The van der Waals surface area contributed by atoms with E-state index in [1.54, 1.807) is 35.2 Å². The van der Waals surface area contributed by atoms with Crippen LogP contribution in [0.5, 0.6) is 0 Å². The summed E-state index contributed by atoms with van der Waals surface area (Å²) in [6.45, 7) is 58.2. The molecule has 0 atom stereocenters. The topological polar surface area (TPSA) is 140 Å². The van der Waals surface area contributed by atoms with Gasteiger partial charge >= 0.3 is 0 Å². The molecule has 8 saturated heterocycles. The van der Waals surface area contributed by atoms with Gasteiger partial charge in [-0.2, -0.15) is 0 Å². The molecule has 2 N–H and O–H groups in total. The number of likely N-dealkylation sites (N-methyl/N-ethyl adjacent to an activating group) is 9. The number of piperazine rings is 6. The van der Waals surface area contributed by atoms with Crippen LogP contribution in [0, 0.1) is 0 Å². The van der Waals surface area contributed by atoms with E-state index in [0.29, 0.717) is 13.2 Å². The zero-order valence-electron chi connectivity index (χ0n) is 58.5. The summed E-state index contributed by atoms with van der Waals surface area (Å²) in [5.41, 5.74) is 5.54. The second-order valence-corrected chi connectivity index (χ2v) is 23.9. The molecular formula is C63H140N16O6. The second kappa shape index (κ2) is 57.4. The van der Waals surface area contributed by atoms with Gasteiger partial charge in [0.05, 0.1) is 33.0 Å². The molecule has 8 rings (SSSR count). The van der Waals surface area contributed by atoms with Crippen molar-refractivity contribution in [2.45, 2.75) is 87.0 Å². The number of nitrogens with one attached hydrogen (secondary N) is 2. The van der Waals surface area contributed by atoms with Gasteiger partial charge in [0.25, 0.3) is 0 Å². The summed E-state index contributed by atoms with van der Waals surface area (Å²) in [7, 11) is 18.0. The molecule has 2 amide bonds. The Hall–Kier alpha value is -1.78. The highest BCUT2D eigenvalue weighted by Crippen LogP contribution is 2.07. The van der Waals surface area contributed by atoms with Gasteiger partial charge < -0.3 is 72.8 Å². The van der Waals surface area contributed by atoms with E-state index in [0.717, 1.165) is 91.8 Å². The van der Waals surface area contributed by atoms with Crippen molar-refractivity contribution in [1.29, 1.82) is 0 Å². The average molecular weight is 1220 g/mol. The first-order chi connectivity index (χ1) is 40.9. The first kappa shape index (κ1) is 83.2. The predicted octanol–water partition coefficient (Wildman–Crippen LogP) is 2.49. The molecule has 0 spiro atoms. The van der Waals surface area contributed by atoms with Crippen molar-refractivity contribution in [1.82, 2.24) is 79.7 Å². The number of unbranched alkanes of at least 4 members (excludes halogenated alkanes) is 2. The SMILES string of the molecule is CC(=O)NN1CCN(C)CC1.CC(=O)NN1CCN(C)CC1.CCCCCN1CCN(C)CC1.CCN1CCCCC1.CCN1CCN(C)CC1.CCN1CCN(CC)CC1.CN1CCN(C)CC1.COCCN1CCOCC1.COCCOC. The van der Waals surface area contributed by atoms with Crippen LogP contribution < -0.4 is 10.9 Å². The van der Waals surface area contributed by atoms with Crippen LogP contribution in [0.25, 0.3) is 0 Å². The molecule has 8 aliphatic rings. The number of methoxy groups -OCH3 is 3. The van der Waals surface area contributed by atoms with Crippen molar-refractivity contribution < 1.29 is 28.5 Å². The van der Waals surface area contributed by atoms with Gasteiger partial charge in [-0.05, 0) is 107 Å². The molecule has 22 heteroatoms. The monoisotopic (exact) mass is 1220 g/mol. The smallest absolute Gasteiger partial charge is 0.231 e. The number of carbonyl (C=O) groups is 2. The van der Waals surface area contributed by atoms with Crippen LogP contribution in [-0.4, -0.2) is 400 Å². The summed E-state index contributed by atoms with van der Waals surface area (Å²) < 4.78 is 19.5. The number of ether oxygens (including phenoxy) is 4. The zero-order chi connectivity index (χ0) is 63.3. The molecule has 0 aromatic rings. The van der Waals surface area contributed by atoms with Gasteiger partial charge in [-0.3, -0.25) is 25.3 Å². The highest BCUT2D eigenvalue weighted by atomic mass is 16.5. The van der Waals surface area contributed by atoms with Gasteiger partial charge in [0.2, 0.25) is 11.8 Å². The fraction of sp³-hybridized carbons (Fsp3) is 0.968. The Labute approximate surface area is 524 Å². The number of nitrogens with zero attached hydrogens (tertiary/aromatic N) is 14. The van der Waals surface area contributed by atoms with Gasteiger partial charge in [0.1, 0.15) is 0 Å². The number of amides is 2. The molecule has 8 aliphatic heterocycles. The summed E-state index contributed by atoms with van der Waals surface area (Å²) in [5.74, 6) is 0.0455. The van der Waals surface area contributed by atoms with E-state index in [1.165, 1.54) is 189 Å². The summed E-state index contributed by atoms with van der Waals surface area (Å²) in [6.07, 6.45) is 8.43. The minimum absolute atomic E-state index is 0.0227. The minimum Gasteiger partial charge on any atom is -0.383 e. The van der Waals surface area contributed by atoms with E-state index < -0.39 is 0 Å². The Balaban J connectivity index is 0.000000939. The fourth-order valence-corrected chi connectivity index (χ4v) is 9.92. The van der Waals surface area contributed by atoms with E-state index >= 15 is 0 Å². The summed E-state index contributed by atoms with van der Waals surface area (Å²) in [5, 5.41) is 3.92. The highest BCUT2D eigenvalue weighted by molar-refractivity contribution is 5.72. The molecule has 8 heterocycles. The van der Waals surface area contributed by atoms with E-state index in [9.17, 15) is 9.59 Å². The van der Waals surface area contributed by atoms with Crippen molar-refractivity contribution in [2.75, 3.05) is 319 Å². The molecule has 0 radical (unpaired) electrons. The Morgan fingerprint density at radius 3 is 0.918 bits per heavy atom. The van der Waals surface area contributed by atoms with Gasteiger partial charge in [0, 0.05) is 212 Å². The van der Waals surface area contributed by atoms with Gasteiger partial charge in [-0.15, -0.1) is 0 Å². The summed E-state index contributed by atoms with van der Waals surface area (Å²) in [6, 6.07) is 0. The third kappa shape index (κ3) is 50.6. The molecule has 0 unspecified atom stereocenters. The highest BCUT2D eigenvalue weighted by Gasteiger charge is 2.17. The first-order valence-electron chi connectivity index (χ1n) is 33.5. The number of hydrogen-bond donors (Lipinski definition) is 2. The largest absolute Gasteiger partial charge is 0.383 e. The fourth-order valence-electron chi connectivity index (χ4n) is 9.92. The van der Waals surface area contributed by atoms with Crippen LogP contribution in [0.2, 0.25) is 0 Å². The van der Waals surface area contributed by atoms with Gasteiger partial charge in [-0.25, -0.2) is 10.0 Å². The second-order valence-electron chi connectivity index (χ2n) is 23.9. The lowest BCUT2D eigenvalue weighted by Crippen LogP contribution is -2.52. The molecule has 85 heavy (non-hydrogen) atoms. The van der Waals surface area contributed by atoms with Crippen molar-refractivity contribution >= 4 is 11.8 Å². The number of morpholine rings is 1. The van der Waals surface area contributed by atoms with Gasteiger partial charge in [-0.1, -0.05) is 53.9 Å². The third-order valence-corrected chi connectivity index (χ3v) is 16.5. The summed E-state index contributed by atoms with van der Waals surface area (Å²) >= 11 is 0. The number of piperidine rings is 1. The Morgan fingerprint density at radius 2 is 0.624 bits per heavy atom. The van der Waals surface area contributed by atoms with Crippen molar-refractivity contribution in [2.24, 2.45) is 0 Å². The van der Waals surface area contributed by atoms with Crippen LogP contribution in [0.4, 0.5) is 0 Å². The number of likely N-dealkylation sites (tertiary alicyclic amines) is 1. The lowest BCUT2D eigenvalue weighted by molar-refractivity contribution is -0.125. The Kier molecular flexibility index (Phi) is 56.2. The molecule has 0 saturated carbocycles. The standard InChI is InChI=1S/C10H22N2.C8H18N2.2C7H15N3O.C7H16N2.C7H15NO2.C7H15N.C6H14N2.C4H10O2/c1-3-4-5-6-12-9-7-11(2)8-10-12;1-3-9-5-7-10(4-2)8-6-9;2*1-7(11)8-10-5-3-9(2)4-6-10;1-3-9-6-4-8(2)5-7-9;1-9-5-2-8-3-6-10-7-4-8;1-2-8-6-4-3-5-7-8;1-7-3-5-8(2)6-4-7;1-5-3-4-6-2/h3-10H2,1-2H3;3-8H2,1-2H3;2*3-6H2,1-2H3,(H,8,11);3-7H2,1-2H3;2-7H2,1H3;2-7H2,1H3;3-6H2,1-2H3;3-4H2,1-2H3. The Morgan fingerprint density at radius 1 is 0.341 bits per heavy atom. The summed E-state index contributed by atoms with van der Waals surface area (Å²) in [4.78, 5) is 50.2. The lowest BCUT2D eigenvalue weighted by atomic mass is 10.1. The van der Waals surface area contributed by atoms with Crippen LogP contribution in [0.15, 0.2) is 0 Å². The third-order valence-electron chi connectivity index (χ3n) is 16.5. The predicted molar refractivity (Wildman–Crippen MR) is 357 cm³/mol. The van der Waals surface area contributed by atoms with Crippen LogP contribution >= 0.6 is 0 Å². The number of rotatable bonds is 16. The zero-order valence-corrected chi connectivity index (χ0v) is 58.5. The number of carbonyl (C=O) groups excluding carboxylic acids is 2. The minimum atomic E-state index is 0.0227. The van der Waals surface area contributed by atoms with Crippen molar-refractivity contribution in [3.05, 3.63) is 0 Å². The van der Waals surface area contributed by atoms with Crippen LogP contribution in [0.3, 0.4) is 0 Å². The van der Waals surface area contributed by atoms with Crippen molar-refractivity contribution in [3.8, 4) is 0 Å². The molecule has 0 bridgehead atoms. The van der Waals surface area contributed by atoms with E-state index in [4.69, 9.17) is 9.47 Å². The maximum Gasteiger partial charge on any atom is 0.231 e. The van der Waals surface area contributed by atoms with Crippen LogP contribution in [0.1, 0.15) is 87.0 Å². The molecule has 0 aromatic heterocycles. The van der Waals surface area contributed by atoms with Gasteiger partial charge in [0.15, 0.2) is 0 Å². The van der Waals surface area contributed by atoms with E-state index in [2.05, 4.69) is 156 Å². The Bertz CT molecular complexity index is 1370.